The molecule has 1 saturated heterocycles. The number of rotatable bonds is 2. The van der Waals surface area contributed by atoms with Crippen LogP contribution in [0.3, 0.4) is 0 Å². The lowest BCUT2D eigenvalue weighted by Crippen LogP contribution is -2.18. The minimum atomic E-state index is -4.41. The third kappa shape index (κ3) is 3.70. The number of alkyl halides is 3. The predicted molar refractivity (Wildman–Crippen MR) is 93.0 cm³/mol. The van der Waals surface area contributed by atoms with E-state index < -0.39 is 11.7 Å². The van der Waals surface area contributed by atoms with Crippen LogP contribution >= 0.6 is 23.4 Å². The fourth-order valence-electron chi connectivity index (χ4n) is 2.41. The van der Waals surface area contributed by atoms with Gasteiger partial charge >= 0.3 is 6.18 Å². The summed E-state index contributed by atoms with van der Waals surface area (Å²) in [5.74, 6) is 0. The topological polar surface area (TPSA) is 15.6 Å². The molecule has 1 unspecified atom stereocenters. The Bertz CT molecular complexity index is 762. The van der Waals surface area contributed by atoms with Crippen LogP contribution in [0.2, 0.25) is 5.02 Å². The molecule has 0 N–H and O–H groups in total. The van der Waals surface area contributed by atoms with E-state index in [9.17, 15) is 13.2 Å². The third-order valence-corrected chi connectivity index (χ3v) is 5.30. The van der Waals surface area contributed by atoms with Gasteiger partial charge in [0, 0.05) is 13.6 Å². The van der Waals surface area contributed by atoms with Crippen molar-refractivity contribution < 1.29 is 13.2 Å². The normalized spacial score (nSPS) is 20.0. The Hall–Kier alpha value is -1.66. The monoisotopic (exact) mass is 370 g/mol. The zero-order valence-corrected chi connectivity index (χ0v) is 14.3. The summed E-state index contributed by atoms with van der Waals surface area (Å²) in [6, 6.07) is 13.3. The lowest BCUT2D eigenvalue weighted by atomic mass is 10.1. The van der Waals surface area contributed by atoms with Crippen molar-refractivity contribution in [3.8, 4) is 0 Å². The first-order chi connectivity index (χ1) is 11.3. The maximum absolute atomic E-state index is 12.7. The van der Waals surface area contributed by atoms with E-state index >= 15 is 0 Å². The summed E-state index contributed by atoms with van der Waals surface area (Å²) < 4.78 is 38.1. The molecule has 1 heterocycles. The third-order valence-electron chi connectivity index (χ3n) is 3.68. The average Bonchev–Trinajstić information content (AvgIpc) is 2.90. The van der Waals surface area contributed by atoms with Crippen LogP contribution in [0.5, 0.6) is 0 Å². The number of thioether (sulfide) groups is 1. The minimum Gasteiger partial charge on any atom is -0.353 e. The minimum absolute atomic E-state index is 0.00511. The quantitative estimate of drug-likeness (QED) is 0.667. The number of benzene rings is 2. The summed E-state index contributed by atoms with van der Waals surface area (Å²) in [7, 11) is 1.91. The molecule has 0 bridgehead atoms. The Kier molecular flexibility index (Phi) is 4.78. The van der Waals surface area contributed by atoms with Crippen molar-refractivity contribution in [1.82, 2.24) is 4.90 Å². The highest BCUT2D eigenvalue weighted by molar-refractivity contribution is 8.14. The highest BCUT2D eigenvalue weighted by Crippen LogP contribution is 2.40. The molecule has 0 aliphatic carbocycles. The Morgan fingerprint density at radius 3 is 2.50 bits per heavy atom. The fraction of sp³-hybridized carbons (Fsp3) is 0.235. The highest BCUT2D eigenvalue weighted by atomic mass is 35.5. The molecular weight excluding hydrogens is 357 g/mol. The van der Waals surface area contributed by atoms with Crippen LogP contribution < -0.4 is 0 Å². The molecule has 0 aromatic heterocycles. The molecule has 2 nitrogen and oxygen atoms in total. The van der Waals surface area contributed by atoms with Crippen LogP contribution in [-0.4, -0.2) is 23.7 Å². The lowest BCUT2D eigenvalue weighted by molar-refractivity contribution is -0.137. The number of aliphatic imine (C=N–C) groups is 1. The van der Waals surface area contributed by atoms with E-state index in [1.54, 1.807) is 11.8 Å². The van der Waals surface area contributed by atoms with Crippen molar-refractivity contribution in [3.05, 3.63) is 64.7 Å². The number of hydrogen-bond donors (Lipinski definition) is 0. The van der Waals surface area contributed by atoms with Gasteiger partial charge < -0.3 is 4.90 Å². The van der Waals surface area contributed by atoms with Gasteiger partial charge in [0.05, 0.1) is 21.5 Å². The van der Waals surface area contributed by atoms with Gasteiger partial charge in [-0.3, -0.25) is 0 Å². The number of likely N-dealkylation sites (N-methyl/N-ethyl adjacent to an activating group) is 1. The van der Waals surface area contributed by atoms with Crippen molar-refractivity contribution in [2.45, 2.75) is 11.4 Å². The van der Waals surface area contributed by atoms with E-state index in [0.29, 0.717) is 5.69 Å². The summed E-state index contributed by atoms with van der Waals surface area (Å²) in [6.45, 7) is 0.783. The Labute approximate surface area is 147 Å². The number of hydrogen-bond acceptors (Lipinski definition) is 2. The Balaban J connectivity index is 1.84. The van der Waals surface area contributed by atoms with Crippen molar-refractivity contribution in [2.75, 3.05) is 13.6 Å². The molecule has 126 valence electrons. The molecule has 0 radical (unpaired) electrons. The van der Waals surface area contributed by atoms with Crippen LogP contribution in [0, 0.1) is 0 Å². The molecular formula is C17H14ClF3N2S. The van der Waals surface area contributed by atoms with Gasteiger partial charge in [-0.1, -0.05) is 53.7 Å². The summed E-state index contributed by atoms with van der Waals surface area (Å²) >= 11 is 7.56. The smallest absolute Gasteiger partial charge is 0.353 e. The molecule has 1 fully saturated rings. The number of halogens is 4. The van der Waals surface area contributed by atoms with Gasteiger partial charge in [-0.15, -0.1) is 0 Å². The largest absolute Gasteiger partial charge is 0.416 e. The molecule has 0 amide bonds. The van der Waals surface area contributed by atoms with Gasteiger partial charge in [0.1, 0.15) is 0 Å². The molecule has 0 spiro atoms. The molecule has 3 rings (SSSR count). The summed E-state index contributed by atoms with van der Waals surface area (Å²) in [5, 5.41) is 0.975. The van der Waals surface area contributed by atoms with Crippen LogP contribution in [0.1, 0.15) is 16.4 Å². The number of amidine groups is 1. The molecule has 2 aromatic rings. The lowest BCUT2D eigenvalue weighted by Gasteiger charge is -2.11. The summed E-state index contributed by atoms with van der Waals surface area (Å²) in [6.07, 6.45) is -4.41. The number of nitrogens with zero attached hydrogens (tertiary/aromatic N) is 2. The molecule has 7 heteroatoms. The zero-order valence-electron chi connectivity index (χ0n) is 12.7. The van der Waals surface area contributed by atoms with Crippen LogP contribution in [0.25, 0.3) is 0 Å². The van der Waals surface area contributed by atoms with Crippen molar-refractivity contribution >= 4 is 34.2 Å². The average molecular weight is 371 g/mol. The Morgan fingerprint density at radius 2 is 1.88 bits per heavy atom. The van der Waals surface area contributed by atoms with Gasteiger partial charge in [0.2, 0.25) is 0 Å². The predicted octanol–water partition coefficient (Wildman–Crippen LogP) is 5.77. The first-order valence-electron chi connectivity index (χ1n) is 7.23. The van der Waals surface area contributed by atoms with Crippen LogP contribution in [0.4, 0.5) is 18.9 Å². The van der Waals surface area contributed by atoms with E-state index in [4.69, 9.17) is 11.6 Å². The second-order valence-electron chi connectivity index (χ2n) is 5.46. The van der Waals surface area contributed by atoms with Gasteiger partial charge in [0.25, 0.3) is 0 Å². The Morgan fingerprint density at radius 1 is 1.17 bits per heavy atom. The molecule has 0 saturated carbocycles. The van der Waals surface area contributed by atoms with Gasteiger partial charge in [-0.25, -0.2) is 4.99 Å². The maximum Gasteiger partial charge on any atom is 0.416 e. The maximum atomic E-state index is 12.7. The first-order valence-corrected chi connectivity index (χ1v) is 8.48. The van der Waals surface area contributed by atoms with E-state index in [2.05, 4.69) is 17.1 Å². The van der Waals surface area contributed by atoms with E-state index in [-0.39, 0.29) is 10.3 Å². The molecule has 24 heavy (non-hydrogen) atoms. The van der Waals surface area contributed by atoms with Gasteiger partial charge in [0.15, 0.2) is 5.17 Å². The van der Waals surface area contributed by atoms with Crippen molar-refractivity contribution in [3.63, 3.8) is 0 Å². The van der Waals surface area contributed by atoms with Crippen molar-refractivity contribution in [2.24, 2.45) is 4.99 Å². The van der Waals surface area contributed by atoms with E-state index in [1.165, 1.54) is 11.6 Å². The highest BCUT2D eigenvalue weighted by Gasteiger charge is 2.31. The molecule has 2 aromatic carbocycles. The van der Waals surface area contributed by atoms with Crippen molar-refractivity contribution in [1.29, 1.82) is 0 Å². The SMILES string of the molecule is CN1CC(c2ccccc2)SC1=Nc1ccc(C(F)(F)F)cc1Cl. The van der Waals surface area contributed by atoms with E-state index in [1.807, 2.05) is 30.1 Å². The molecule has 1 atom stereocenters. The van der Waals surface area contributed by atoms with Crippen LogP contribution in [0.15, 0.2) is 53.5 Å². The van der Waals surface area contributed by atoms with Gasteiger partial charge in [-0.2, -0.15) is 13.2 Å². The van der Waals surface area contributed by atoms with E-state index in [0.717, 1.165) is 23.8 Å². The zero-order chi connectivity index (χ0) is 17.3. The molecule has 1 aliphatic heterocycles. The summed E-state index contributed by atoms with van der Waals surface area (Å²) in [5.41, 5.74) is 0.761. The fourth-order valence-corrected chi connectivity index (χ4v) is 3.89. The summed E-state index contributed by atoms with van der Waals surface area (Å²) in [4.78, 5) is 6.43. The second kappa shape index (κ2) is 6.69. The standard InChI is InChI=1S/C17H14ClF3N2S/c1-23-10-15(11-5-3-2-4-6-11)24-16(23)22-14-8-7-12(9-13(14)18)17(19,20)21/h2-9,15H,10H2,1H3. The van der Waals surface area contributed by atoms with Crippen LogP contribution in [-0.2, 0) is 6.18 Å². The van der Waals surface area contributed by atoms with Gasteiger partial charge in [-0.05, 0) is 23.8 Å². The second-order valence-corrected chi connectivity index (χ2v) is 7.03. The molecule has 1 aliphatic rings. The first kappa shape index (κ1) is 17.2.